The van der Waals surface area contributed by atoms with Crippen LogP contribution in [0.3, 0.4) is 0 Å². The molecule has 144 valence electrons. The van der Waals surface area contributed by atoms with E-state index in [9.17, 15) is 4.79 Å². The number of ether oxygens (including phenoxy) is 2. The maximum absolute atomic E-state index is 12.8. The molecule has 2 fully saturated rings. The predicted molar refractivity (Wildman–Crippen MR) is 99.7 cm³/mol. The Kier molecular flexibility index (Phi) is 5.13. The van der Waals surface area contributed by atoms with E-state index in [4.69, 9.17) is 14.0 Å². The van der Waals surface area contributed by atoms with Crippen molar-refractivity contribution in [2.75, 3.05) is 46.5 Å². The van der Waals surface area contributed by atoms with Crippen molar-refractivity contribution >= 4 is 5.91 Å². The van der Waals surface area contributed by atoms with Crippen molar-refractivity contribution in [3.63, 3.8) is 0 Å². The van der Waals surface area contributed by atoms with Gasteiger partial charge in [-0.25, -0.2) is 0 Å². The van der Waals surface area contributed by atoms with Gasteiger partial charge in [0.15, 0.2) is 5.76 Å². The molecule has 1 saturated carbocycles. The third kappa shape index (κ3) is 3.84. The monoisotopic (exact) mass is 371 g/mol. The molecule has 0 spiro atoms. The van der Waals surface area contributed by atoms with E-state index in [1.165, 1.54) is 0 Å². The van der Waals surface area contributed by atoms with Gasteiger partial charge in [0.05, 0.1) is 31.4 Å². The van der Waals surface area contributed by atoms with Gasteiger partial charge in [-0.3, -0.25) is 9.69 Å². The minimum absolute atomic E-state index is 0.0428. The molecular weight excluding hydrogens is 346 g/mol. The Morgan fingerprint density at radius 3 is 2.85 bits per heavy atom. The van der Waals surface area contributed by atoms with Gasteiger partial charge in [-0.2, -0.15) is 0 Å². The SMILES string of the molecule is COc1cccc(-c2cc(C3(C(=O)NCCN4CCOCC4)CC3)no2)c1. The van der Waals surface area contributed by atoms with Gasteiger partial charge in [0, 0.05) is 37.8 Å². The molecule has 1 aliphatic carbocycles. The van der Waals surface area contributed by atoms with Crippen molar-refractivity contribution < 1.29 is 18.8 Å². The average Bonchev–Trinajstić information content (AvgIpc) is 3.38. The second-order valence-corrected chi connectivity index (χ2v) is 7.10. The fourth-order valence-electron chi connectivity index (χ4n) is 3.46. The van der Waals surface area contributed by atoms with Gasteiger partial charge >= 0.3 is 0 Å². The number of carbonyl (C=O) groups is 1. The molecule has 2 aliphatic rings. The van der Waals surface area contributed by atoms with Crippen LogP contribution in [0.4, 0.5) is 0 Å². The predicted octanol–water partition coefficient (Wildman–Crippen LogP) is 1.83. The molecule has 0 unspecified atom stereocenters. The lowest BCUT2D eigenvalue weighted by Gasteiger charge is -2.26. The number of methoxy groups -OCH3 is 1. The van der Waals surface area contributed by atoms with E-state index < -0.39 is 5.41 Å². The quantitative estimate of drug-likeness (QED) is 0.800. The smallest absolute Gasteiger partial charge is 0.232 e. The second kappa shape index (κ2) is 7.70. The lowest BCUT2D eigenvalue weighted by Crippen LogP contribution is -2.43. The number of nitrogens with one attached hydrogen (secondary N) is 1. The molecule has 1 N–H and O–H groups in total. The average molecular weight is 371 g/mol. The topological polar surface area (TPSA) is 76.8 Å². The number of hydrogen-bond donors (Lipinski definition) is 1. The highest BCUT2D eigenvalue weighted by molar-refractivity contribution is 5.91. The lowest BCUT2D eigenvalue weighted by molar-refractivity contribution is -0.123. The number of morpholine rings is 1. The Hall–Kier alpha value is -2.38. The molecule has 2 heterocycles. The third-order valence-electron chi connectivity index (χ3n) is 5.36. The molecule has 1 aliphatic heterocycles. The number of hydrogen-bond acceptors (Lipinski definition) is 6. The van der Waals surface area contributed by atoms with Crippen molar-refractivity contribution in [1.82, 2.24) is 15.4 Å². The van der Waals surface area contributed by atoms with Gasteiger partial charge in [0.25, 0.3) is 0 Å². The molecule has 27 heavy (non-hydrogen) atoms. The highest BCUT2D eigenvalue weighted by Crippen LogP contribution is 2.48. The molecule has 7 nitrogen and oxygen atoms in total. The first-order chi connectivity index (χ1) is 13.2. The minimum Gasteiger partial charge on any atom is -0.497 e. The summed E-state index contributed by atoms with van der Waals surface area (Å²) in [6.07, 6.45) is 1.61. The minimum atomic E-state index is -0.536. The van der Waals surface area contributed by atoms with Crippen molar-refractivity contribution in [3.8, 4) is 17.1 Å². The zero-order valence-corrected chi connectivity index (χ0v) is 15.6. The molecule has 4 rings (SSSR count). The molecule has 1 aromatic heterocycles. The zero-order chi connectivity index (χ0) is 18.7. The third-order valence-corrected chi connectivity index (χ3v) is 5.36. The van der Waals surface area contributed by atoms with Crippen LogP contribution in [0.15, 0.2) is 34.9 Å². The van der Waals surface area contributed by atoms with Gasteiger partial charge in [0.2, 0.25) is 5.91 Å². The van der Waals surface area contributed by atoms with E-state index >= 15 is 0 Å². The number of benzene rings is 1. The maximum atomic E-state index is 12.8. The largest absolute Gasteiger partial charge is 0.497 e. The van der Waals surface area contributed by atoms with Crippen LogP contribution in [0, 0.1) is 0 Å². The van der Waals surface area contributed by atoms with Crippen LogP contribution in [0.5, 0.6) is 5.75 Å². The van der Waals surface area contributed by atoms with Crippen LogP contribution in [0.1, 0.15) is 18.5 Å². The molecule has 2 aromatic rings. The fraction of sp³-hybridized carbons (Fsp3) is 0.500. The Labute approximate surface area is 158 Å². The molecule has 0 atom stereocenters. The van der Waals surface area contributed by atoms with E-state index in [-0.39, 0.29) is 5.91 Å². The Morgan fingerprint density at radius 1 is 1.30 bits per heavy atom. The molecular formula is C20H25N3O4. The first-order valence-electron chi connectivity index (χ1n) is 9.41. The van der Waals surface area contributed by atoms with E-state index in [0.29, 0.717) is 18.0 Å². The fourth-order valence-corrected chi connectivity index (χ4v) is 3.46. The summed E-state index contributed by atoms with van der Waals surface area (Å²) in [5, 5.41) is 7.27. The molecule has 0 radical (unpaired) electrons. The van der Waals surface area contributed by atoms with Crippen LogP contribution in [-0.4, -0.2) is 62.5 Å². The van der Waals surface area contributed by atoms with Gasteiger partial charge in [0.1, 0.15) is 5.75 Å². The maximum Gasteiger partial charge on any atom is 0.232 e. The highest BCUT2D eigenvalue weighted by atomic mass is 16.5. The van der Waals surface area contributed by atoms with Crippen molar-refractivity contribution in [2.45, 2.75) is 18.3 Å². The highest BCUT2D eigenvalue weighted by Gasteiger charge is 2.53. The summed E-state index contributed by atoms with van der Waals surface area (Å²) in [6.45, 7) is 4.87. The van der Waals surface area contributed by atoms with Crippen LogP contribution >= 0.6 is 0 Å². The summed E-state index contributed by atoms with van der Waals surface area (Å²) in [5.41, 5.74) is 1.06. The van der Waals surface area contributed by atoms with Crippen LogP contribution in [-0.2, 0) is 14.9 Å². The summed E-state index contributed by atoms with van der Waals surface area (Å²) in [5.74, 6) is 1.45. The number of amides is 1. The number of carbonyl (C=O) groups excluding carboxylic acids is 1. The summed E-state index contributed by atoms with van der Waals surface area (Å²) in [7, 11) is 1.63. The molecule has 7 heteroatoms. The summed E-state index contributed by atoms with van der Waals surface area (Å²) < 4.78 is 16.1. The van der Waals surface area contributed by atoms with Crippen molar-refractivity contribution in [1.29, 1.82) is 0 Å². The molecule has 1 saturated heterocycles. The lowest BCUT2D eigenvalue weighted by atomic mass is 10.0. The summed E-state index contributed by atoms with van der Waals surface area (Å²) >= 11 is 0. The Balaban J connectivity index is 1.38. The van der Waals surface area contributed by atoms with Gasteiger partial charge in [-0.05, 0) is 25.0 Å². The number of aromatic nitrogens is 1. The van der Waals surface area contributed by atoms with Gasteiger partial charge < -0.3 is 19.3 Å². The van der Waals surface area contributed by atoms with Crippen LogP contribution in [0.2, 0.25) is 0 Å². The van der Waals surface area contributed by atoms with Gasteiger partial charge in [-0.1, -0.05) is 17.3 Å². The standard InChI is InChI=1S/C20H25N3O4/c1-25-16-4-2-3-15(13-16)17-14-18(22-27-17)20(5-6-20)19(24)21-7-8-23-9-11-26-12-10-23/h2-4,13-14H,5-12H2,1H3,(H,21,24). The normalized spacial score (nSPS) is 18.9. The van der Waals surface area contributed by atoms with E-state index in [2.05, 4.69) is 15.4 Å². The van der Waals surface area contributed by atoms with Crippen LogP contribution in [0.25, 0.3) is 11.3 Å². The summed E-state index contributed by atoms with van der Waals surface area (Å²) in [4.78, 5) is 15.1. The summed E-state index contributed by atoms with van der Waals surface area (Å²) in [6, 6.07) is 9.50. The molecule has 1 aromatic carbocycles. The van der Waals surface area contributed by atoms with Crippen molar-refractivity contribution in [2.24, 2.45) is 0 Å². The first kappa shape index (κ1) is 18.0. The van der Waals surface area contributed by atoms with Gasteiger partial charge in [-0.15, -0.1) is 0 Å². The first-order valence-corrected chi connectivity index (χ1v) is 9.41. The number of nitrogens with zero attached hydrogens (tertiary/aromatic N) is 2. The molecule has 1 amide bonds. The van der Waals surface area contributed by atoms with E-state index in [1.54, 1.807) is 7.11 Å². The van der Waals surface area contributed by atoms with E-state index in [1.807, 2.05) is 30.3 Å². The van der Waals surface area contributed by atoms with Crippen molar-refractivity contribution in [3.05, 3.63) is 36.0 Å². The Morgan fingerprint density at radius 2 is 2.11 bits per heavy atom. The zero-order valence-electron chi connectivity index (χ0n) is 15.6. The second-order valence-electron chi connectivity index (χ2n) is 7.10. The Bertz CT molecular complexity index is 794. The van der Waals surface area contributed by atoms with E-state index in [0.717, 1.165) is 57.0 Å². The number of rotatable bonds is 7. The van der Waals surface area contributed by atoms with Crippen LogP contribution < -0.4 is 10.1 Å². The molecule has 0 bridgehead atoms.